The summed E-state index contributed by atoms with van der Waals surface area (Å²) in [5.41, 5.74) is 0. The Morgan fingerprint density at radius 2 is 1.64 bits per heavy atom. The molecule has 0 spiro atoms. The highest BCUT2D eigenvalue weighted by atomic mass is 35.5. The standard InChI is InChI=1S/C18H34ClNO2/c1-5-6-7-8-9-10-11-12-15-22-18(21)17(20(3)4)14-13-16(2)19/h13,17H,5-12,14-15H2,1-4H3/p+1/b16-13-. The molecule has 1 unspecified atom stereocenters. The number of hydrogen-bond donors (Lipinski definition) is 1. The second kappa shape index (κ2) is 14.1. The lowest BCUT2D eigenvalue weighted by Gasteiger charge is -2.18. The Hall–Kier alpha value is -0.540. The predicted octanol–water partition coefficient (Wildman–Crippen LogP) is 3.72. The number of allylic oxidation sites excluding steroid dienone is 1. The van der Waals surface area contributed by atoms with Crippen molar-refractivity contribution in [2.75, 3.05) is 20.7 Å². The maximum absolute atomic E-state index is 12.1. The molecule has 0 amide bonds. The summed E-state index contributed by atoms with van der Waals surface area (Å²) in [6.45, 7) is 4.61. The lowest BCUT2D eigenvalue weighted by Crippen LogP contribution is -3.11. The smallest absolute Gasteiger partial charge is 0.365 e. The normalized spacial score (nSPS) is 13.5. The van der Waals surface area contributed by atoms with Gasteiger partial charge in [0, 0.05) is 11.5 Å². The van der Waals surface area contributed by atoms with Gasteiger partial charge in [0.2, 0.25) is 0 Å². The number of halogens is 1. The van der Waals surface area contributed by atoms with Crippen molar-refractivity contribution in [3.8, 4) is 0 Å². The average Bonchev–Trinajstić information content (AvgIpc) is 2.45. The van der Waals surface area contributed by atoms with Crippen molar-refractivity contribution >= 4 is 17.6 Å². The van der Waals surface area contributed by atoms with Crippen LogP contribution in [0.2, 0.25) is 0 Å². The van der Waals surface area contributed by atoms with Crippen LogP contribution in [0, 0.1) is 0 Å². The first-order chi connectivity index (χ1) is 10.5. The van der Waals surface area contributed by atoms with Crippen LogP contribution in [0.4, 0.5) is 0 Å². The molecule has 0 aliphatic heterocycles. The van der Waals surface area contributed by atoms with Gasteiger partial charge in [0.1, 0.15) is 0 Å². The van der Waals surface area contributed by atoms with Crippen LogP contribution < -0.4 is 4.90 Å². The van der Waals surface area contributed by atoms with Crippen molar-refractivity contribution in [1.82, 2.24) is 0 Å². The Labute approximate surface area is 142 Å². The lowest BCUT2D eigenvalue weighted by atomic mass is 10.1. The molecule has 1 atom stereocenters. The van der Waals surface area contributed by atoms with Crippen LogP contribution in [-0.2, 0) is 9.53 Å². The van der Waals surface area contributed by atoms with E-state index in [-0.39, 0.29) is 12.0 Å². The van der Waals surface area contributed by atoms with Gasteiger partial charge in [0.25, 0.3) is 0 Å². The average molecular weight is 333 g/mol. The molecule has 4 heteroatoms. The van der Waals surface area contributed by atoms with E-state index in [1.54, 1.807) is 0 Å². The zero-order valence-electron chi connectivity index (χ0n) is 14.9. The Morgan fingerprint density at radius 1 is 1.09 bits per heavy atom. The van der Waals surface area contributed by atoms with Crippen molar-refractivity contribution in [3.05, 3.63) is 11.1 Å². The number of hydrogen-bond acceptors (Lipinski definition) is 2. The third-order valence-corrected chi connectivity index (χ3v) is 4.01. The van der Waals surface area contributed by atoms with Gasteiger partial charge in [0.05, 0.1) is 20.7 Å². The molecule has 3 nitrogen and oxygen atoms in total. The number of quaternary nitrogens is 1. The van der Waals surface area contributed by atoms with E-state index in [4.69, 9.17) is 16.3 Å². The van der Waals surface area contributed by atoms with Gasteiger partial charge in [-0.1, -0.05) is 69.5 Å². The van der Waals surface area contributed by atoms with Gasteiger partial charge in [-0.3, -0.25) is 0 Å². The second-order valence-electron chi connectivity index (χ2n) is 6.30. The van der Waals surface area contributed by atoms with Crippen LogP contribution in [0.25, 0.3) is 0 Å². The third kappa shape index (κ3) is 12.0. The Balaban J connectivity index is 3.75. The fraction of sp³-hybridized carbons (Fsp3) is 0.833. The number of unbranched alkanes of at least 4 members (excludes halogenated alkanes) is 7. The number of likely N-dealkylation sites (N-methyl/N-ethyl adjacent to an activating group) is 1. The monoisotopic (exact) mass is 332 g/mol. The molecule has 130 valence electrons. The number of ether oxygens (including phenoxy) is 1. The SMILES string of the molecule is CCCCCCCCCCOC(=O)C(C/C=C(/C)Cl)[NH+](C)C. The highest BCUT2D eigenvalue weighted by Crippen LogP contribution is 2.08. The predicted molar refractivity (Wildman–Crippen MR) is 94.4 cm³/mol. The van der Waals surface area contributed by atoms with Gasteiger partial charge >= 0.3 is 5.97 Å². The summed E-state index contributed by atoms with van der Waals surface area (Å²) in [7, 11) is 3.94. The highest BCUT2D eigenvalue weighted by molar-refractivity contribution is 6.29. The van der Waals surface area contributed by atoms with Crippen molar-refractivity contribution in [2.24, 2.45) is 0 Å². The van der Waals surface area contributed by atoms with Gasteiger partial charge in [-0.15, -0.1) is 0 Å². The van der Waals surface area contributed by atoms with Gasteiger partial charge in [0.15, 0.2) is 6.04 Å². The summed E-state index contributed by atoms with van der Waals surface area (Å²) in [5.74, 6) is -0.114. The topological polar surface area (TPSA) is 30.7 Å². The van der Waals surface area contributed by atoms with E-state index in [2.05, 4.69) is 6.92 Å². The molecule has 0 bridgehead atoms. The minimum absolute atomic E-state index is 0.114. The number of carbonyl (C=O) groups excluding carboxylic acids is 1. The van der Waals surface area contributed by atoms with Gasteiger partial charge < -0.3 is 9.64 Å². The molecule has 0 saturated heterocycles. The van der Waals surface area contributed by atoms with Crippen LogP contribution in [0.3, 0.4) is 0 Å². The van der Waals surface area contributed by atoms with Gasteiger partial charge in [-0.25, -0.2) is 4.79 Å². The minimum Gasteiger partial charge on any atom is -0.461 e. The quantitative estimate of drug-likeness (QED) is 0.411. The second-order valence-corrected chi connectivity index (χ2v) is 6.90. The molecule has 0 rings (SSSR count). The number of carbonyl (C=O) groups is 1. The number of nitrogens with one attached hydrogen (secondary N) is 1. The fourth-order valence-electron chi connectivity index (χ4n) is 2.36. The summed E-state index contributed by atoms with van der Waals surface area (Å²) in [6.07, 6.45) is 12.5. The number of rotatable bonds is 13. The molecule has 0 radical (unpaired) electrons. The van der Waals surface area contributed by atoms with Crippen LogP contribution >= 0.6 is 11.6 Å². The van der Waals surface area contributed by atoms with Crippen molar-refractivity contribution in [3.63, 3.8) is 0 Å². The van der Waals surface area contributed by atoms with E-state index in [0.717, 1.165) is 22.8 Å². The van der Waals surface area contributed by atoms with Crippen LogP contribution in [-0.4, -0.2) is 32.7 Å². The Kier molecular flexibility index (Phi) is 13.7. The molecule has 0 fully saturated rings. The van der Waals surface area contributed by atoms with Crippen molar-refractivity contribution in [2.45, 2.75) is 77.7 Å². The summed E-state index contributed by atoms with van der Waals surface area (Å²) < 4.78 is 5.41. The first-order valence-electron chi connectivity index (χ1n) is 8.78. The van der Waals surface area contributed by atoms with Crippen LogP contribution in [0.15, 0.2) is 11.1 Å². The summed E-state index contributed by atoms with van der Waals surface area (Å²) in [4.78, 5) is 13.2. The van der Waals surface area contributed by atoms with E-state index in [1.807, 2.05) is 27.1 Å². The summed E-state index contributed by atoms with van der Waals surface area (Å²) >= 11 is 5.84. The molecule has 0 aliphatic carbocycles. The zero-order valence-corrected chi connectivity index (χ0v) is 15.7. The maximum Gasteiger partial charge on any atom is 0.365 e. The Morgan fingerprint density at radius 3 is 2.14 bits per heavy atom. The van der Waals surface area contributed by atoms with Crippen LogP contribution in [0.5, 0.6) is 0 Å². The Bertz CT molecular complexity index is 312. The van der Waals surface area contributed by atoms with Crippen molar-refractivity contribution < 1.29 is 14.4 Å². The summed E-state index contributed by atoms with van der Waals surface area (Å²) in [6, 6.07) is -0.164. The van der Waals surface area contributed by atoms with Crippen LogP contribution in [0.1, 0.15) is 71.6 Å². The van der Waals surface area contributed by atoms with Crippen molar-refractivity contribution in [1.29, 1.82) is 0 Å². The molecule has 0 aromatic heterocycles. The van der Waals surface area contributed by atoms with E-state index < -0.39 is 0 Å². The van der Waals surface area contributed by atoms with E-state index in [9.17, 15) is 4.79 Å². The first-order valence-corrected chi connectivity index (χ1v) is 9.15. The fourth-order valence-corrected chi connectivity index (χ4v) is 2.45. The van der Waals surface area contributed by atoms with E-state index in [1.165, 1.54) is 38.5 Å². The van der Waals surface area contributed by atoms with E-state index in [0.29, 0.717) is 13.0 Å². The lowest BCUT2D eigenvalue weighted by molar-refractivity contribution is -0.876. The minimum atomic E-state index is -0.164. The molecular formula is C18H35ClNO2+. The molecular weight excluding hydrogens is 298 g/mol. The first kappa shape index (κ1) is 21.5. The highest BCUT2D eigenvalue weighted by Gasteiger charge is 2.24. The molecule has 0 aromatic carbocycles. The maximum atomic E-state index is 12.1. The third-order valence-electron chi connectivity index (χ3n) is 3.86. The molecule has 0 aromatic rings. The van der Waals surface area contributed by atoms with Gasteiger partial charge in [-0.2, -0.15) is 0 Å². The number of esters is 1. The molecule has 22 heavy (non-hydrogen) atoms. The molecule has 0 aliphatic rings. The van der Waals surface area contributed by atoms with Gasteiger partial charge in [-0.05, 0) is 13.3 Å². The largest absolute Gasteiger partial charge is 0.461 e. The molecule has 0 saturated carbocycles. The molecule has 0 heterocycles. The zero-order chi connectivity index (χ0) is 16.8. The van der Waals surface area contributed by atoms with E-state index >= 15 is 0 Å². The molecule has 1 N–H and O–H groups in total. The summed E-state index contributed by atoms with van der Waals surface area (Å²) in [5, 5.41) is 0.724.